The Labute approximate surface area is 104 Å². The Kier molecular flexibility index (Phi) is 5.01. The van der Waals surface area contributed by atoms with E-state index in [1.165, 1.54) is 0 Å². The van der Waals surface area contributed by atoms with E-state index in [9.17, 15) is 13.2 Å². The van der Waals surface area contributed by atoms with Crippen molar-refractivity contribution in [3.63, 3.8) is 0 Å². The first-order chi connectivity index (χ1) is 8.28. The van der Waals surface area contributed by atoms with Gasteiger partial charge in [-0.3, -0.25) is 0 Å². The number of anilines is 1. The average molecular weight is 265 g/mol. The summed E-state index contributed by atoms with van der Waals surface area (Å²) >= 11 is 0. The lowest BCUT2D eigenvalue weighted by Gasteiger charge is -2.12. The minimum atomic E-state index is -4.27. The van der Waals surface area contributed by atoms with Crippen molar-refractivity contribution in [2.45, 2.75) is 39.5 Å². The summed E-state index contributed by atoms with van der Waals surface area (Å²) in [4.78, 5) is 4.25. The first kappa shape index (κ1) is 14.8. The van der Waals surface area contributed by atoms with Crippen LogP contribution in [-0.2, 0) is 11.3 Å². The third kappa shape index (κ3) is 5.39. The highest BCUT2D eigenvalue weighted by molar-refractivity contribution is 5.29. The summed E-state index contributed by atoms with van der Waals surface area (Å²) in [6.07, 6.45) is -2.49. The summed E-state index contributed by atoms with van der Waals surface area (Å²) in [7, 11) is 0. The zero-order chi connectivity index (χ0) is 13.8. The summed E-state index contributed by atoms with van der Waals surface area (Å²) in [6.45, 7) is 4.89. The first-order valence-electron chi connectivity index (χ1n) is 5.73. The molecule has 0 aromatic carbocycles. The lowest BCUT2D eigenvalue weighted by atomic mass is 10.4. The largest absolute Gasteiger partial charge is 0.411 e. The Morgan fingerprint density at radius 3 is 2.67 bits per heavy atom. The van der Waals surface area contributed by atoms with E-state index in [2.05, 4.69) is 15.0 Å². The second-order valence-corrected chi connectivity index (χ2v) is 4.37. The van der Waals surface area contributed by atoms with Gasteiger partial charge in [0.2, 0.25) is 5.95 Å². The zero-order valence-corrected chi connectivity index (χ0v) is 10.7. The fourth-order valence-electron chi connectivity index (χ4n) is 1.44. The lowest BCUT2D eigenvalue weighted by molar-refractivity contribution is -0.174. The maximum atomic E-state index is 11.9. The Hall–Kier alpha value is -1.24. The molecule has 0 unspecified atom stereocenters. The van der Waals surface area contributed by atoms with Crippen molar-refractivity contribution >= 4 is 5.95 Å². The number of rotatable bonds is 6. The molecule has 0 saturated heterocycles. The molecular weight excluding hydrogens is 247 g/mol. The van der Waals surface area contributed by atoms with Crippen LogP contribution in [0.2, 0.25) is 0 Å². The van der Waals surface area contributed by atoms with Crippen molar-refractivity contribution < 1.29 is 17.9 Å². The van der Waals surface area contributed by atoms with E-state index in [0.29, 0.717) is 12.5 Å². The molecule has 7 heteroatoms. The van der Waals surface area contributed by atoms with E-state index in [0.717, 1.165) is 5.69 Å². The van der Waals surface area contributed by atoms with Gasteiger partial charge in [-0.25, -0.2) is 4.98 Å². The average Bonchev–Trinajstić information content (AvgIpc) is 2.51. The Bertz CT molecular complexity index is 374. The predicted molar refractivity (Wildman–Crippen MR) is 62.6 cm³/mol. The maximum Gasteiger partial charge on any atom is 0.411 e. The SMILES string of the molecule is Cc1cn(CCOCC(F)(F)F)c(NC(C)C)n1. The quantitative estimate of drug-likeness (QED) is 0.803. The Morgan fingerprint density at radius 1 is 1.44 bits per heavy atom. The monoisotopic (exact) mass is 265 g/mol. The molecule has 0 saturated carbocycles. The third-order valence-electron chi connectivity index (χ3n) is 2.06. The van der Waals surface area contributed by atoms with E-state index >= 15 is 0 Å². The molecule has 1 N–H and O–H groups in total. The van der Waals surface area contributed by atoms with E-state index in [1.54, 1.807) is 10.8 Å². The third-order valence-corrected chi connectivity index (χ3v) is 2.06. The van der Waals surface area contributed by atoms with Crippen LogP contribution >= 0.6 is 0 Å². The summed E-state index contributed by atoms with van der Waals surface area (Å²) in [5.41, 5.74) is 0.814. The van der Waals surface area contributed by atoms with Gasteiger partial charge in [-0.1, -0.05) is 0 Å². The molecule has 0 radical (unpaired) electrons. The topological polar surface area (TPSA) is 39.1 Å². The molecule has 0 amide bonds. The number of hydrogen-bond donors (Lipinski definition) is 1. The fraction of sp³-hybridized carbons (Fsp3) is 0.727. The van der Waals surface area contributed by atoms with E-state index in [1.807, 2.05) is 20.8 Å². The lowest BCUT2D eigenvalue weighted by Crippen LogP contribution is -2.20. The molecule has 0 aliphatic carbocycles. The number of halogens is 3. The van der Waals surface area contributed by atoms with Gasteiger partial charge >= 0.3 is 6.18 Å². The van der Waals surface area contributed by atoms with Crippen molar-refractivity contribution in [3.05, 3.63) is 11.9 Å². The van der Waals surface area contributed by atoms with Crippen LogP contribution in [0.15, 0.2) is 6.20 Å². The number of aromatic nitrogens is 2. The molecule has 0 bridgehead atoms. The minimum absolute atomic E-state index is 0.00207. The molecular formula is C11H18F3N3O. The number of alkyl halides is 3. The molecule has 1 aromatic heterocycles. The smallest absolute Gasteiger partial charge is 0.370 e. The molecule has 1 heterocycles. The predicted octanol–water partition coefficient (Wildman–Crippen LogP) is 2.59. The standard InChI is InChI=1S/C11H18F3N3O/c1-8(2)15-10-16-9(3)6-17(10)4-5-18-7-11(12,13)14/h6,8H,4-5,7H2,1-3H3,(H,15,16). The Balaban J connectivity index is 2.46. The molecule has 1 rings (SSSR count). The fourth-order valence-corrected chi connectivity index (χ4v) is 1.44. The van der Waals surface area contributed by atoms with Gasteiger partial charge in [-0.15, -0.1) is 0 Å². The number of nitrogens with one attached hydrogen (secondary N) is 1. The molecule has 104 valence electrons. The van der Waals surface area contributed by atoms with Gasteiger partial charge < -0.3 is 14.6 Å². The van der Waals surface area contributed by atoms with Crippen molar-refractivity contribution in [1.82, 2.24) is 9.55 Å². The molecule has 0 fully saturated rings. The van der Waals surface area contributed by atoms with Crippen LogP contribution in [0.5, 0.6) is 0 Å². The number of aryl methyl sites for hydroxylation is 1. The molecule has 4 nitrogen and oxygen atoms in total. The molecule has 18 heavy (non-hydrogen) atoms. The molecule has 0 atom stereocenters. The highest BCUT2D eigenvalue weighted by atomic mass is 19.4. The summed E-state index contributed by atoms with van der Waals surface area (Å²) in [5, 5.41) is 3.13. The molecule has 0 aliphatic rings. The highest BCUT2D eigenvalue weighted by Crippen LogP contribution is 2.15. The summed E-state index contributed by atoms with van der Waals surface area (Å²) < 4.78 is 42.0. The summed E-state index contributed by atoms with van der Waals surface area (Å²) in [6, 6.07) is 0.210. The van der Waals surface area contributed by atoms with Gasteiger partial charge in [0, 0.05) is 18.8 Å². The van der Waals surface area contributed by atoms with E-state index in [-0.39, 0.29) is 12.6 Å². The minimum Gasteiger partial charge on any atom is -0.370 e. The Morgan fingerprint density at radius 2 is 2.11 bits per heavy atom. The number of nitrogens with zero attached hydrogens (tertiary/aromatic N) is 2. The second-order valence-electron chi connectivity index (χ2n) is 4.37. The first-order valence-corrected chi connectivity index (χ1v) is 5.73. The van der Waals surface area contributed by atoms with E-state index < -0.39 is 12.8 Å². The van der Waals surface area contributed by atoms with Gasteiger partial charge in [0.1, 0.15) is 6.61 Å². The van der Waals surface area contributed by atoms with Crippen LogP contribution in [0, 0.1) is 6.92 Å². The van der Waals surface area contributed by atoms with Gasteiger partial charge in [-0.2, -0.15) is 13.2 Å². The number of ether oxygens (including phenoxy) is 1. The van der Waals surface area contributed by atoms with Gasteiger partial charge in [-0.05, 0) is 20.8 Å². The van der Waals surface area contributed by atoms with Crippen LogP contribution in [0.3, 0.4) is 0 Å². The van der Waals surface area contributed by atoms with Crippen LogP contribution in [-0.4, -0.2) is 35.0 Å². The molecule has 1 aromatic rings. The molecule has 0 aliphatic heterocycles. The number of imidazole rings is 1. The molecule has 0 spiro atoms. The van der Waals surface area contributed by atoms with Crippen LogP contribution in [0.25, 0.3) is 0 Å². The number of hydrogen-bond acceptors (Lipinski definition) is 3. The maximum absolute atomic E-state index is 11.9. The van der Waals surface area contributed by atoms with Gasteiger partial charge in [0.15, 0.2) is 0 Å². The van der Waals surface area contributed by atoms with Crippen LogP contribution in [0.1, 0.15) is 19.5 Å². The highest BCUT2D eigenvalue weighted by Gasteiger charge is 2.27. The van der Waals surface area contributed by atoms with Crippen molar-refractivity contribution in [3.8, 4) is 0 Å². The van der Waals surface area contributed by atoms with Gasteiger partial charge in [0.05, 0.1) is 12.3 Å². The zero-order valence-electron chi connectivity index (χ0n) is 10.7. The normalized spacial score (nSPS) is 12.2. The van der Waals surface area contributed by atoms with Crippen molar-refractivity contribution in [2.75, 3.05) is 18.5 Å². The van der Waals surface area contributed by atoms with Crippen LogP contribution < -0.4 is 5.32 Å². The van der Waals surface area contributed by atoms with Crippen LogP contribution in [0.4, 0.5) is 19.1 Å². The van der Waals surface area contributed by atoms with E-state index in [4.69, 9.17) is 0 Å². The second kappa shape index (κ2) is 6.08. The van der Waals surface area contributed by atoms with Gasteiger partial charge in [0.25, 0.3) is 0 Å². The summed E-state index contributed by atoms with van der Waals surface area (Å²) in [5.74, 6) is 0.651. The van der Waals surface area contributed by atoms with Crippen molar-refractivity contribution in [1.29, 1.82) is 0 Å². The van der Waals surface area contributed by atoms with Crippen molar-refractivity contribution in [2.24, 2.45) is 0 Å².